The largest absolute Gasteiger partial charge is 0.351 e. The van der Waals surface area contributed by atoms with Gasteiger partial charge < -0.3 is 5.32 Å². The van der Waals surface area contributed by atoms with Gasteiger partial charge in [0.25, 0.3) is 5.91 Å². The number of hydrogen-bond donors (Lipinski definition) is 1. The molecule has 2 heterocycles. The zero-order chi connectivity index (χ0) is 18.6. The van der Waals surface area contributed by atoms with Crippen LogP contribution in [0.3, 0.4) is 0 Å². The van der Waals surface area contributed by atoms with Crippen molar-refractivity contribution in [3.05, 3.63) is 80.7 Å². The van der Waals surface area contributed by atoms with Crippen molar-refractivity contribution in [2.45, 2.75) is 19.8 Å². The fourth-order valence-corrected chi connectivity index (χ4v) is 4.88. The van der Waals surface area contributed by atoms with Crippen LogP contribution in [0, 0.1) is 6.92 Å². The number of benzene rings is 2. The highest BCUT2D eigenvalue weighted by molar-refractivity contribution is 7.18. The van der Waals surface area contributed by atoms with Gasteiger partial charge in [-0.15, -0.1) is 22.7 Å². The quantitative estimate of drug-likeness (QED) is 0.520. The van der Waals surface area contributed by atoms with E-state index < -0.39 is 0 Å². The first-order valence-electron chi connectivity index (χ1n) is 8.82. The highest BCUT2D eigenvalue weighted by atomic mass is 32.1. The normalized spacial score (nSPS) is 11.0. The molecule has 0 aliphatic heterocycles. The van der Waals surface area contributed by atoms with E-state index in [2.05, 4.69) is 33.5 Å². The Hall–Kier alpha value is -2.57. The van der Waals surface area contributed by atoms with Crippen molar-refractivity contribution in [1.82, 2.24) is 15.3 Å². The summed E-state index contributed by atoms with van der Waals surface area (Å²) >= 11 is 3.16. The predicted octanol–water partition coefficient (Wildman–Crippen LogP) is 4.62. The molecule has 0 unspecified atom stereocenters. The van der Waals surface area contributed by atoms with E-state index in [1.807, 2.05) is 43.3 Å². The highest BCUT2D eigenvalue weighted by Crippen LogP contribution is 2.22. The number of carbonyl (C=O) groups is 1. The first-order chi connectivity index (χ1) is 13.2. The molecule has 136 valence electrons. The van der Waals surface area contributed by atoms with Crippen molar-refractivity contribution in [3.63, 3.8) is 0 Å². The number of thiazole rings is 2. The van der Waals surface area contributed by atoms with Crippen LogP contribution in [0.5, 0.6) is 0 Å². The molecule has 0 spiro atoms. The minimum atomic E-state index is -0.0505. The number of hydrogen-bond acceptors (Lipinski definition) is 5. The van der Waals surface area contributed by atoms with Crippen LogP contribution in [-0.2, 0) is 12.8 Å². The summed E-state index contributed by atoms with van der Waals surface area (Å²) in [6.45, 7) is 2.47. The maximum Gasteiger partial charge on any atom is 0.263 e. The lowest BCUT2D eigenvalue weighted by atomic mass is 10.2. The summed E-state index contributed by atoms with van der Waals surface area (Å²) < 4.78 is 1.18. The summed E-state index contributed by atoms with van der Waals surface area (Å²) in [4.78, 5) is 22.4. The van der Waals surface area contributed by atoms with Crippen LogP contribution in [0.4, 0.5) is 0 Å². The summed E-state index contributed by atoms with van der Waals surface area (Å²) in [6.07, 6.45) is 1.49. The molecule has 4 rings (SSSR count). The Morgan fingerprint density at radius 2 is 1.74 bits per heavy atom. The molecule has 1 amide bonds. The van der Waals surface area contributed by atoms with Crippen LogP contribution >= 0.6 is 22.7 Å². The number of aromatic nitrogens is 2. The van der Waals surface area contributed by atoms with E-state index in [1.165, 1.54) is 21.6 Å². The molecule has 6 heteroatoms. The molecule has 4 aromatic rings. The molecule has 1 N–H and O–H groups in total. The Kier molecular flexibility index (Phi) is 5.27. The molecule has 4 nitrogen and oxygen atoms in total. The Balaban J connectivity index is 1.36. The van der Waals surface area contributed by atoms with E-state index in [9.17, 15) is 4.79 Å². The molecule has 0 fully saturated rings. The van der Waals surface area contributed by atoms with E-state index in [1.54, 1.807) is 11.3 Å². The Morgan fingerprint density at radius 1 is 0.963 bits per heavy atom. The Bertz CT molecular complexity index is 1040. The maximum atomic E-state index is 12.5. The van der Waals surface area contributed by atoms with Crippen molar-refractivity contribution in [1.29, 1.82) is 0 Å². The summed E-state index contributed by atoms with van der Waals surface area (Å²) in [5.74, 6) is -0.0505. The van der Waals surface area contributed by atoms with E-state index in [-0.39, 0.29) is 5.91 Å². The van der Waals surface area contributed by atoms with Gasteiger partial charge in [0, 0.05) is 19.4 Å². The van der Waals surface area contributed by atoms with Crippen molar-refractivity contribution in [2.24, 2.45) is 0 Å². The van der Waals surface area contributed by atoms with Gasteiger partial charge in [-0.25, -0.2) is 9.97 Å². The van der Waals surface area contributed by atoms with Gasteiger partial charge in [-0.1, -0.05) is 42.5 Å². The van der Waals surface area contributed by atoms with Crippen molar-refractivity contribution in [2.75, 3.05) is 6.54 Å². The molecule has 0 aliphatic rings. The van der Waals surface area contributed by atoms with Gasteiger partial charge in [-0.05, 0) is 24.6 Å². The second-order valence-electron chi connectivity index (χ2n) is 6.27. The molecular weight excluding hydrogens is 374 g/mol. The van der Waals surface area contributed by atoms with Crippen LogP contribution in [0.25, 0.3) is 10.2 Å². The molecule has 0 atom stereocenters. The number of rotatable bonds is 6. The SMILES string of the molecule is Cc1nc(Cc2ccccc2)sc1C(=O)NCCc1nc2ccccc2s1. The minimum Gasteiger partial charge on any atom is -0.351 e. The summed E-state index contributed by atoms with van der Waals surface area (Å²) in [6, 6.07) is 18.3. The van der Waals surface area contributed by atoms with Gasteiger partial charge in [0.1, 0.15) is 4.88 Å². The molecule has 0 aliphatic carbocycles. The van der Waals surface area contributed by atoms with Gasteiger partial charge >= 0.3 is 0 Å². The minimum absolute atomic E-state index is 0.0505. The van der Waals surface area contributed by atoms with Crippen LogP contribution in [-0.4, -0.2) is 22.4 Å². The van der Waals surface area contributed by atoms with E-state index in [0.717, 1.165) is 34.1 Å². The number of carbonyl (C=O) groups excluding carboxylic acids is 1. The van der Waals surface area contributed by atoms with Gasteiger partial charge in [0.05, 0.1) is 25.9 Å². The first kappa shape index (κ1) is 17.8. The predicted molar refractivity (Wildman–Crippen MR) is 112 cm³/mol. The smallest absolute Gasteiger partial charge is 0.263 e. The average Bonchev–Trinajstić information content (AvgIpc) is 3.25. The average molecular weight is 394 g/mol. The molecule has 0 radical (unpaired) electrons. The van der Waals surface area contributed by atoms with Gasteiger partial charge in [-0.3, -0.25) is 4.79 Å². The molecule has 0 bridgehead atoms. The second kappa shape index (κ2) is 7.98. The third kappa shape index (κ3) is 4.23. The lowest BCUT2D eigenvalue weighted by molar-refractivity contribution is 0.0957. The number of nitrogens with zero attached hydrogens (tertiary/aromatic N) is 2. The van der Waals surface area contributed by atoms with Crippen LogP contribution in [0.2, 0.25) is 0 Å². The zero-order valence-electron chi connectivity index (χ0n) is 14.9. The Morgan fingerprint density at radius 3 is 2.56 bits per heavy atom. The number of amides is 1. The van der Waals surface area contributed by atoms with E-state index in [4.69, 9.17) is 0 Å². The molecular formula is C21H19N3OS2. The zero-order valence-corrected chi connectivity index (χ0v) is 16.6. The molecule has 2 aromatic heterocycles. The highest BCUT2D eigenvalue weighted by Gasteiger charge is 2.15. The molecule has 2 aromatic carbocycles. The standard InChI is InChI=1S/C21H19N3OS2/c1-14-20(27-19(23-14)13-15-7-3-2-4-8-15)21(25)22-12-11-18-24-16-9-5-6-10-17(16)26-18/h2-10H,11-13H2,1H3,(H,22,25). The third-order valence-electron chi connectivity index (χ3n) is 4.21. The topological polar surface area (TPSA) is 54.9 Å². The first-order valence-corrected chi connectivity index (χ1v) is 10.5. The van der Waals surface area contributed by atoms with Crippen LogP contribution < -0.4 is 5.32 Å². The third-order valence-corrected chi connectivity index (χ3v) is 6.46. The Labute approximate surface area is 165 Å². The fourth-order valence-electron chi connectivity index (χ4n) is 2.90. The van der Waals surface area contributed by atoms with Crippen molar-refractivity contribution in [3.8, 4) is 0 Å². The van der Waals surface area contributed by atoms with E-state index in [0.29, 0.717) is 11.4 Å². The van der Waals surface area contributed by atoms with Gasteiger partial charge in [0.2, 0.25) is 0 Å². The lowest BCUT2D eigenvalue weighted by Gasteiger charge is -2.02. The van der Waals surface area contributed by atoms with E-state index >= 15 is 0 Å². The lowest BCUT2D eigenvalue weighted by Crippen LogP contribution is -2.25. The van der Waals surface area contributed by atoms with Crippen LogP contribution in [0.15, 0.2) is 54.6 Å². The molecule has 0 saturated carbocycles. The number of para-hydroxylation sites is 1. The number of aryl methyl sites for hydroxylation is 1. The maximum absolute atomic E-state index is 12.5. The summed E-state index contributed by atoms with van der Waals surface area (Å²) in [5, 5.41) is 5.02. The summed E-state index contributed by atoms with van der Waals surface area (Å²) in [7, 11) is 0. The number of nitrogens with one attached hydrogen (secondary N) is 1. The molecule has 27 heavy (non-hydrogen) atoms. The van der Waals surface area contributed by atoms with Gasteiger partial charge in [0.15, 0.2) is 0 Å². The second-order valence-corrected chi connectivity index (χ2v) is 8.46. The monoisotopic (exact) mass is 393 g/mol. The number of fused-ring (bicyclic) bond motifs is 1. The van der Waals surface area contributed by atoms with Gasteiger partial charge in [-0.2, -0.15) is 0 Å². The van der Waals surface area contributed by atoms with Crippen LogP contribution in [0.1, 0.15) is 30.9 Å². The molecule has 0 saturated heterocycles. The van der Waals surface area contributed by atoms with Crippen molar-refractivity contribution >= 4 is 38.8 Å². The summed E-state index contributed by atoms with van der Waals surface area (Å²) in [5.41, 5.74) is 3.02. The fraction of sp³-hybridized carbons (Fsp3) is 0.190. The van der Waals surface area contributed by atoms with Crippen molar-refractivity contribution < 1.29 is 4.79 Å².